The van der Waals surface area contributed by atoms with Crippen molar-refractivity contribution in [2.75, 3.05) is 11.1 Å². The highest BCUT2D eigenvalue weighted by Crippen LogP contribution is 2.19. The molecule has 0 spiro atoms. The predicted molar refractivity (Wildman–Crippen MR) is 77.0 cm³/mol. The third kappa shape index (κ3) is 2.76. The minimum Gasteiger partial charge on any atom is -0.395 e. The molecular weight excluding hydrogens is 310 g/mol. The van der Waals surface area contributed by atoms with Gasteiger partial charge in [0.25, 0.3) is 5.91 Å². The standard InChI is InChI=1S/C12H14BrN5O/c1-3-8-10(14)11(18-17-8)12(19)16-9-4-6(2)7(13)5-15-9/h4-5H,3,14H2,1-2H3,(H,17,18)(H,15,16,19). The third-order valence-electron chi connectivity index (χ3n) is 2.74. The van der Waals surface area contributed by atoms with Crippen molar-refractivity contribution in [2.45, 2.75) is 20.3 Å². The van der Waals surface area contributed by atoms with Crippen molar-refractivity contribution in [2.24, 2.45) is 0 Å². The Morgan fingerprint density at radius 3 is 2.89 bits per heavy atom. The molecule has 2 heterocycles. The second kappa shape index (κ2) is 5.40. The molecule has 0 atom stereocenters. The first kappa shape index (κ1) is 13.5. The number of carbonyl (C=O) groups is 1. The van der Waals surface area contributed by atoms with Crippen LogP contribution >= 0.6 is 15.9 Å². The molecule has 2 aromatic rings. The molecule has 0 aromatic carbocycles. The molecule has 4 N–H and O–H groups in total. The number of nitrogens with one attached hydrogen (secondary N) is 2. The van der Waals surface area contributed by atoms with Crippen LogP contribution in [0.3, 0.4) is 0 Å². The van der Waals surface area contributed by atoms with Crippen LogP contribution in [0.15, 0.2) is 16.7 Å². The van der Waals surface area contributed by atoms with E-state index in [2.05, 4.69) is 36.4 Å². The Morgan fingerprint density at radius 2 is 2.32 bits per heavy atom. The fourth-order valence-electron chi connectivity index (χ4n) is 1.61. The lowest BCUT2D eigenvalue weighted by atomic mass is 10.2. The number of hydrogen-bond acceptors (Lipinski definition) is 4. The van der Waals surface area contributed by atoms with Gasteiger partial charge in [0.1, 0.15) is 5.82 Å². The van der Waals surface area contributed by atoms with Crippen molar-refractivity contribution in [3.8, 4) is 0 Å². The number of aromatic nitrogens is 3. The van der Waals surface area contributed by atoms with E-state index in [1.54, 1.807) is 12.3 Å². The third-order valence-corrected chi connectivity index (χ3v) is 3.57. The van der Waals surface area contributed by atoms with Crippen LogP contribution < -0.4 is 11.1 Å². The molecule has 0 aliphatic rings. The zero-order valence-electron chi connectivity index (χ0n) is 10.6. The first-order valence-corrected chi connectivity index (χ1v) is 6.58. The van der Waals surface area contributed by atoms with Gasteiger partial charge in [-0.25, -0.2) is 4.98 Å². The first-order valence-electron chi connectivity index (χ1n) is 5.79. The van der Waals surface area contributed by atoms with Crippen LogP contribution in [0.25, 0.3) is 0 Å². The van der Waals surface area contributed by atoms with Crippen molar-refractivity contribution in [3.63, 3.8) is 0 Å². The molecule has 0 saturated carbocycles. The quantitative estimate of drug-likeness (QED) is 0.807. The molecule has 0 radical (unpaired) electrons. The van der Waals surface area contributed by atoms with Gasteiger partial charge in [0.05, 0.1) is 11.4 Å². The van der Waals surface area contributed by atoms with Crippen LogP contribution in [-0.2, 0) is 6.42 Å². The van der Waals surface area contributed by atoms with Gasteiger partial charge < -0.3 is 11.1 Å². The van der Waals surface area contributed by atoms with Crippen LogP contribution in [0.5, 0.6) is 0 Å². The molecule has 7 heteroatoms. The number of carbonyl (C=O) groups excluding carboxylic acids is 1. The summed E-state index contributed by atoms with van der Waals surface area (Å²) in [5.74, 6) is 0.0915. The van der Waals surface area contributed by atoms with Crippen LogP contribution in [0.4, 0.5) is 11.5 Å². The van der Waals surface area contributed by atoms with Gasteiger partial charge in [-0.1, -0.05) is 6.92 Å². The molecule has 6 nitrogen and oxygen atoms in total. The average Bonchev–Trinajstić information content (AvgIpc) is 2.75. The van der Waals surface area contributed by atoms with Gasteiger partial charge in [-0.15, -0.1) is 0 Å². The highest BCUT2D eigenvalue weighted by molar-refractivity contribution is 9.10. The van der Waals surface area contributed by atoms with Gasteiger partial charge in [-0.2, -0.15) is 5.10 Å². The molecule has 19 heavy (non-hydrogen) atoms. The minimum atomic E-state index is -0.373. The zero-order chi connectivity index (χ0) is 14.0. The first-order chi connectivity index (χ1) is 9.02. The Morgan fingerprint density at radius 1 is 1.58 bits per heavy atom. The second-order valence-electron chi connectivity index (χ2n) is 4.09. The molecule has 0 aliphatic carbocycles. The number of nitrogens with zero attached hydrogens (tertiary/aromatic N) is 2. The van der Waals surface area contributed by atoms with Crippen LogP contribution in [0.2, 0.25) is 0 Å². The number of aromatic amines is 1. The van der Waals surface area contributed by atoms with Gasteiger partial charge in [0.2, 0.25) is 0 Å². The minimum absolute atomic E-state index is 0.194. The van der Waals surface area contributed by atoms with E-state index in [1.807, 2.05) is 13.8 Å². The summed E-state index contributed by atoms with van der Waals surface area (Å²) in [6, 6.07) is 1.77. The lowest BCUT2D eigenvalue weighted by Crippen LogP contribution is -2.15. The van der Waals surface area contributed by atoms with E-state index in [1.165, 1.54) is 0 Å². The normalized spacial score (nSPS) is 10.5. The van der Waals surface area contributed by atoms with Gasteiger partial charge in [-0.05, 0) is 40.9 Å². The fraction of sp³-hybridized carbons (Fsp3) is 0.250. The largest absolute Gasteiger partial charge is 0.395 e. The number of rotatable bonds is 3. The van der Waals surface area contributed by atoms with Gasteiger partial charge in [0, 0.05) is 10.7 Å². The molecule has 0 unspecified atom stereocenters. The van der Waals surface area contributed by atoms with Gasteiger partial charge >= 0.3 is 0 Å². The monoisotopic (exact) mass is 323 g/mol. The van der Waals surface area contributed by atoms with Crippen molar-refractivity contribution < 1.29 is 4.79 Å². The summed E-state index contributed by atoms with van der Waals surface area (Å²) in [7, 11) is 0. The Bertz CT molecular complexity index is 623. The summed E-state index contributed by atoms with van der Waals surface area (Å²) in [6.45, 7) is 3.85. The summed E-state index contributed by atoms with van der Waals surface area (Å²) < 4.78 is 0.887. The van der Waals surface area contributed by atoms with Crippen molar-refractivity contribution in [3.05, 3.63) is 33.7 Å². The number of aryl methyl sites for hydroxylation is 2. The molecule has 0 aliphatic heterocycles. The number of nitrogens with two attached hydrogens (primary N) is 1. The summed E-state index contributed by atoms with van der Waals surface area (Å²) in [4.78, 5) is 16.1. The Hall–Kier alpha value is -1.89. The molecule has 2 rings (SSSR count). The van der Waals surface area contributed by atoms with Crippen LogP contribution in [0.1, 0.15) is 28.7 Å². The van der Waals surface area contributed by atoms with E-state index < -0.39 is 0 Å². The second-order valence-corrected chi connectivity index (χ2v) is 4.95. The molecule has 100 valence electrons. The number of H-pyrrole nitrogens is 1. The number of anilines is 2. The summed E-state index contributed by atoms with van der Waals surface area (Å²) in [6.07, 6.45) is 2.33. The van der Waals surface area contributed by atoms with E-state index in [0.717, 1.165) is 15.7 Å². The molecule has 0 saturated heterocycles. The van der Waals surface area contributed by atoms with Gasteiger partial charge in [-0.3, -0.25) is 9.89 Å². The maximum absolute atomic E-state index is 12.0. The summed E-state index contributed by atoms with van der Waals surface area (Å²) in [5, 5.41) is 9.34. The van der Waals surface area contributed by atoms with Crippen molar-refractivity contribution in [1.82, 2.24) is 15.2 Å². The topological polar surface area (TPSA) is 96.7 Å². The molecule has 0 bridgehead atoms. The molecule has 2 aromatic heterocycles. The Labute approximate surface area is 118 Å². The van der Waals surface area contributed by atoms with E-state index >= 15 is 0 Å². The lowest BCUT2D eigenvalue weighted by Gasteiger charge is -2.05. The van der Waals surface area contributed by atoms with E-state index in [-0.39, 0.29) is 11.6 Å². The predicted octanol–water partition coefficient (Wildman–Crippen LogP) is 2.27. The number of amides is 1. The highest BCUT2D eigenvalue weighted by atomic mass is 79.9. The molecule has 0 fully saturated rings. The number of pyridine rings is 1. The number of halogens is 1. The van der Waals surface area contributed by atoms with Crippen molar-refractivity contribution in [1.29, 1.82) is 0 Å². The summed E-state index contributed by atoms with van der Waals surface area (Å²) in [5.41, 5.74) is 8.15. The SMILES string of the molecule is CCc1[nH]nc(C(=O)Nc2cc(C)c(Br)cn2)c1N. The molecule has 1 amide bonds. The van der Waals surface area contributed by atoms with Crippen LogP contribution in [-0.4, -0.2) is 21.1 Å². The lowest BCUT2D eigenvalue weighted by molar-refractivity contribution is 0.102. The maximum atomic E-state index is 12.0. The van der Waals surface area contributed by atoms with Gasteiger partial charge in [0.15, 0.2) is 5.69 Å². The zero-order valence-corrected chi connectivity index (χ0v) is 12.2. The maximum Gasteiger partial charge on any atom is 0.279 e. The number of nitrogen functional groups attached to an aromatic ring is 1. The fourth-order valence-corrected chi connectivity index (χ4v) is 1.83. The smallest absolute Gasteiger partial charge is 0.279 e. The van der Waals surface area contributed by atoms with Crippen molar-refractivity contribution >= 4 is 33.3 Å². The Kier molecular flexibility index (Phi) is 3.84. The number of hydrogen-bond donors (Lipinski definition) is 3. The average molecular weight is 324 g/mol. The van der Waals surface area contributed by atoms with Crippen LogP contribution in [0, 0.1) is 6.92 Å². The summed E-state index contributed by atoms with van der Waals surface area (Å²) >= 11 is 3.35. The Balaban J connectivity index is 2.20. The van der Waals surface area contributed by atoms with E-state index in [0.29, 0.717) is 17.9 Å². The van der Waals surface area contributed by atoms with E-state index in [9.17, 15) is 4.79 Å². The van der Waals surface area contributed by atoms with E-state index in [4.69, 9.17) is 5.73 Å². The molecular formula is C12H14BrN5O. The highest BCUT2D eigenvalue weighted by Gasteiger charge is 2.17.